The summed E-state index contributed by atoms with van der Waals surface area (Å²) in [4.78, 5) is 25.8. The first-order valence-electron chi connectivity index (χ1n) is 24.4. The van der Waals surface area contributed by atoms with Crippen molar-refractivity contribution in [2.75, 3.05) is 27.3 Å². The van der Waals surface area contributed by atoms with E-state index in [1.807, 2.05) is 13.8 Å². The van der Waals surface area contributed by atoms with E-state index < -0.39 is 38.8 Å². The zero-order valence-corrected chi connectivity index (χ0v) is 48.0. The Labute approximate surface area is 478 Å². The molecule has 8 aromatic rings. The van der Waals surface area contributed by atoms with Crippen LogP contribution in [0.5, 0.6) is 11.5 Å². The summed E-state index contributed by atoms with van der Waals surface area (Å²) >= 11 is 15.0. The van der Waals surface area contributed by atoms with Gasteiger partial charge in [0.25, 0.3) is 11.1 Å². The summed E-state index contributed by atoms with van der Waals surface area (Å²) in [6.45, 7) is 4.16. The van der Waals surface area contributed by atoms with Gasteiger partial charge in [0.1, 0.15) is 34.6 Å². The second kappa shape index (κ2) is 25.4. The number of nitrogens with zero attached hydrogens (tertiary/aromatic N) is 8. The van der Waals surface area contributed by atoms with Gasteiger partial charge in [-0.3, -0.25) is 18.7 Å². The van der Waals surface area contributed by atoms with Crippen LogP contribution in [0.4, 0.5) is 8.78 Å². The number of pyridine rings is 2. The highest BCUT2D eigenvalue weighted by molar-refractivity contribution is 9.10. The maximum absolute atomic E-state index is 15.5. The van der Waals surface area contributed by atoms with E-state index in [4.69, 9.17) is 42.7 Å². The molecular formula is C54H50BBrCl2F2N8O10S2. The number of ether oxygens (including phenoxy) is 2. The number of hydrogen-bond donors (Lipinski definition) is 2. The van der Waals surface area contributed by atoms with Crippen LogP contribution in [0.3, 0.4) is 0 Å². The van der Waals surface area contributed by atoms with Crippen molar-refractivity contribution in [3.05, 3.63) is 213 Å². The number of fused-ring (bicyclic) bond motifs is 2. The van der Waals surface area contributed by atoms with E-state index in [1.54, 1.807) is 78.9 Å². The van der Waals surface area contributed by atoms with Gasteiger partial charge in [-0.1, -0.05) is 53.5 Å². The molecule has 80 heavy (non-hydrogen) atoms. The van der Waals surface area contributed by atoms with Crippen LogP contribution in [-0.4, -0.2) is 99.5 Å². The zero-order valence-electron chi connectivity index (χ0n) is 43.2. The molecule has 0 fully saturated rings. The fraction of sp³-hybridized carbons (Fsp3) is 0.222. The summed E-state index contributed by atoms with van der Waals surface area (Å²) in [6, 6.07) is 28.0. The van der Waals surface area contributed by atoms with E-state index >= 15 is 4.39 Å². The molecule has 10 rings (SSSR count). The molecule has 18 nitrogen and oxygen atoms in total. The number of rotatable bonds is 12. The Morgan fingerprint density at radius 3 is 1.56 bits per heavy atom. The summed E-state index contributed by atoms with van der Waals surface area (Å²) in [6.07, 6.45) is 3.50. The lowest BCUT2D eigenvalue weighted by atomic mass is 9.80. The Hall–Kier alpha value is -6.74. The van der Waals surface area contributed by atoms with Gasteiger partial charge in [0.2, 0.25) is 20.0 Å². The van der Waals surface area contributed by atoms with Crippen molar-refractivity contribution in [2.45, 2.75) is 51.3 Å². The van der Waals surface area contributed by atoms with Crippen LogP contribution >= 0.6 is 39.1 Å². The Balaban J connectivity index is 0.000000179. The molecule has 26 heteroatoms. The van der Waals surface area contributed by atoms with E-state index in [0.29, 0.717) is 72.0 Å². The van der Waals surface area contributed by atoms with E-state index in [2.05, 4.69) is 36.3 Å². The second-order valence-corrected chi connectivity index (χ2v) is 24.0. The Morgan fingerprint density at radius 1 is 0.637 bits per heavy atom. The van der Waals surface area contributed by atoms with Gasteiger partial charge in [-0.15, -0.1) is 0 Å². The van der Waals surface area contributed by atoms with Gasteiger partial charge in [-0.05, 0) is 118 Å². The lowest BCUT2D eigenvalue weighted by Gasteiger charge is -2.30. The molecule has 0 unspecified atom stereocenters. The van der Waals surface area contributed by atoms with Crippen LogP contribution in [0, 0.1) is 25.5 Å². The third-order valence-corrected chi connectivity index (χ3v) is 18.1. The van der Waals surface area contributed by atoms with Crippen molar-refractivity contribution in [1.82, 2.24) is 38.1 Å². The maximum Gasteiger partial charge on any atom is 0.488 e. The normalized spacial score (nSPS) is 13.4. The average molecular weight is 1230 g/mol. The molecule has 0 radical (unpaired) electrons. The van der Waals surface area contributed by atoms with Crippen molar-refractivity contribution < 1.29 is 45.1 Å². The minimum Gasteiger partial charge on any atom is -0.495 e. The first-order valence-corrected chi connectivity index (χ1v) is 29.1. The zero-order chi connectivity index (χ0) is 57.6. The topological polar surface area (TPSA) is 229 Å². The molecule has 0 spiro atoms. The monoisotopic (exact) mass is 1230 g/mol. The summed E-state index contributed by atoms with van der Waals surface area (Å²) in [5, 5.41) is 33.9. The minimum absolute atomic E-state index is 0.0745. The van der Waals surface area contributed by atoms with E-state index in [1.165, 1.54) is 74.7 Å². The van der Waals surface area contributed by atoms with E-state index in [-0.39, 0.29) is 77.5 Å². The van der Waals surface area contributed by atoms with Gasteiger partial charge in [0.15, 0.2) is 0 Å². The van der Waals surface area contributed by atoms with Crippen LogP contribution < -0.4 is 26.1 Å². The first kappa shape index (κ1) is 59.4. The highest BCUT2D eigenvalue weighted by Crippen LogP contribution is 2.36. The maximum atomic E-state index is 15.5. The number of sulfonamides is 2. The van der Waals surface area contributed by atoms with Crippen LogP contribution in [0.15, 0.2) is 136 Å². The summed E-state index contributed by atoms with van der Waals surface area (Å²) in [5.74, 6) is -0.980. The number of methoxy groups -OCH3 is 2. The van der Waals surface area contributed by atoms with Crippen molar-refractivity contribution in [3.8, 4) is 34.0 Å². The molecule has 0 amide bonds. The predicted molar refractivity (Wildman–Crippen MR) is 304 cm³/mol. The molecule has 0 atom stereocenters. The number of hydrogen-bond acceptors (Lipinski definition) is 14. The van der Waals surface area contributed by atoms with Gasteiger partial charge in [0, 0.05) is 103 Å². The van der Waals surface area contributed by atoms with E-state index in [9.17, 15) is 30.8 Å². The largest absolute Gasteiger partial charge is 0.495 e. The molecule has 2 aliphatic heterocycles. The van der Waals surface area contributed by atoms with Crippen LogP contribution in [0.1, 0.15) is 45.0 Å². The standard InChI is InChI=1S/C27H24ClFN4O4S.C20H18BrFN4O4S.C7H8BClO2/c1-17-12-18(5-7-22(17)28)21-13-26(37-2)25(14-23(21)29)33-24-9-11-32(15-19(24)6-8-27(33)34)38(35,36)16-20-4-3-10-30-31-20;1-30-19-9-15(21)16(22)10-18(19)26-17-6-8-25(11-13(17)4-5-20(26)27)31(28,29)12-14-3-2-7-23-24-14;1-5-4-6(8(10)11)2-3-7(5)9/h3-8,10,12-14H,9,11,15-16H2,1-2H3;2-5,7,9-10H,6,8,11-12H2,1H3;2-4,10-11H,1H3. The van der Waals surface area contributed by atoms with Gasteiger partial charge in [0.05, 0.1) is 41.5 Å². The SMILES string of the molecule is COc1cc(-c2ccc(Cl)c(C)c2)c(F)cc1-n1c2c(ccc1=O)CN(S(=O)(=O)Cc1cccnn1)CC2.COc1cc(Br)c(F)cc1-n1c2c(ccc1=O)CN(S(=O)(=O)Cc1cccnn1)CC2.Cc1cc(B(O)O)ccc1Cl. The second-order valence-electron chi connectivity index (χ2n) is 18.4. The summed E-state index contributed by atoms with van der Waals surface area (Å²) in [7, 11) is -5.84. The Morgan fingerprint density at radius 2 is 1.11 bits per heavy atom. The van der Waals surface area contributed by atoms with Gasteiger partial charge >= 0.3 is 7.12 Å². The minimum atomic E-state index is -3.68. The molecule has 0 aliphatic carbocycles. The Bertz CT molecular complexity index is 3970. The van der Waals surface area contributed by atoms with Crippen molar-refractivity contribution in [3.63, 3.8) is 0 Å². The lowest BCUT2D eigenvalue weighted by molar-refractivity contribution is 0.381. The lowest BCUT2D eigenvalue weighted by Crippen LogP contribution is -2.39. The number of aryl methyl sites for hydroxylation is 2. The smallest absolute Gasteiger partial charge is 0.488 e. The fourth-order valence-corrected chi connectivity index (χ4v) is 12.4. The van der Waals surface area contributed by atoms with Crippen LogP contribution in [0.25, 0.3) is 22.5 Å². The highest BCUT2D eigenvalue weighted by atomic mass is 79.9. The molecule has 0 bridgehead atoms. The number of benzene rings is 4. The van der Waals surface area contributed by atoms with Gasteiger partial charge < -0.3 is 19.5 Å². The molecule has 2 aliphatic rings. The molecule has 0 saturated carbocycles. The average Bonchev–Trinajstić information content (AvgIpc) is 3.60. The summed E-state index contributed by atoms with van der Waals surface area (Å²) < 4.78 is 98.3. The van der Waals surface area contributed by atoms with Crippen LogP contribution in [0.2, 0.25) is 10.0 Å². The first-order chi connectivity index (χ1) is 38.1. The third-order valence-electron chi connectivity index (χ3n) is 13.1. The molecule has 4 aromatic heterocycles. The van der Waals surface area contributed by atoms with Crippen molar-refractivity contribution in [1.29, 1.82) is 0 Å². The Kier molecular flexibility index (Phi) is 18.8. The van der Waals surface area contributed by atoms with Gasteiger partial charge in [-0.25, -0.2) is 25.6 Å². The summed E-state index contributed by atoms with van der Waals surface area (Å²) in [5.41, 5.74) is 6.09. The molecular weight excluding hydrogens is 1180 g/mol. The molecule has 6 heterocycles. The molecule has 0 saturated heterocycles. The molecule has 4 aromatic carbocycles. The number of halogens is 5. The molecule has 416 valence electrons. The fourth-order valence-electron chi connectivity index (χ4n) is 9.05. The van der Waals surface area contributed by atoms with Crippen LogP contribution in [-0.2, 0) is 57.5 Å². The number of aromatic nitrogens is 6. The highest BCUT2D eigenvalue weighted by Gasteiger charge is 2.32. The van der Waals surface area contributed by atoms with Crippen molar-refractivity contribution in [2.24, 2.45) is 0 Å². The quantitative estimate of drug-likeness (QED) is 0.117. The van der Waals surface area contributed by atoms with Crippen molar-refractivity contribution >= 4 is 71.8 Å². The molecule has 2 N–H and O–H groups in total. The predicted octanol–water partition coefficient (Wildman–Crippen LogP) is 7.05. The van der Waals surface area contributed by atoms with Gasteiger partial charge in [-0.2, -0.15) is 29.0 Å². The van der Waals surface area contributed by atoms with E-state index in [0.717, 1.165) is 11.1 Å². The third kappa shape index (κ3) is 13.5.